The van der Waals surface area contributed by atoms with Crippen molar-refractivity contribution in [1.82, 2.24) is 0 Å². The average molecular weight is 722 g/mol. The van der Waals surface area contributed by atoms with Gasteiger partial charge in [-0.15, -0.1) is 15.8 Å². The number of unbranched alkanes of at least 4 members (excludes halogenated alkanes) is 6. The van der Waals surface area contributed by atoms with Crippen molar-refractivity contribution in [2.75, 3.05) is 37.0 Å². The zero-order valence-electron chi connectivity index (χ0n) is 20.7. The fourth-order valence-corrected chi connectivity index (χ4v) is 8.88. The summed E-state index contributed by atoms with van der Waals surface area (Å²) in [6.07, 6.45) is 26.4. The molecule has 29 heavy (non-hydrogen) atoms. The number of halogens is 2. The second kappa shape index (κ2) is 38.1. The van der Waals surface area contributed by atoms with Gasteiger partial charge >= 0.3 is 17.1 Å². The van der Waals surface area contributed by atoms with Gasteiger partial charge in [0.2, 0.25) is 0 Å². The molecule has 0 aliphatic heterocycles. The van der Waals surface area contributed by atoms with Crippen molar-refractivity contribution in [3.8, 4) is 0 Å². The van der Waals surface area contributed by atoms with Crippen molar-refractivity contribution in [3.05, 3.63) is 0 Å². The van der Waals surface area contributed by atoms with Gasteiger partial charge in [0.15, 0.2) is 0 Å². The maximum absolute atomic E-state index is 2.31. The second-order valence-electron chi connectivity index (χ2n) is 7.80. The van der Waals surface area contributed by atoms with Gasteiger partial charge in [0, 0.05) is 0 Å². The molecule has 0 aliphatic carbocycles. The number of hydrogen-bond donors (Lipinski definition) is 0. The normalized spacial score (nSPS) is 9.93. The molecule has 0 unspecified atom stereocenters. The first-order valence-electron chi connectivity index (χ1n) is 12.1. The topological polar surface area (TPSA) is 0 Å². The predicted molar refractivity (Wildman–Crippen MR) is 132 cm³/mol. The maximum atomic E-state index is 2.31. The summed E-state index contributed by atoms with van der Waals surface area (Å²) in [6.45, 7) is 13.9. The number of rotatable bonds is 18. The molecule has 0 nitrogen and oxygen atoms in total. The summed E-state index contributed by atoms with van der Waals surface area (Å²) in [5, 5.41) is 0. The molecule has 0 saturated heterocycles. The van der Waals surface area contributed by atoms with Crippen LogP contribution in [0.4, 0.5) is 0 Å². The van der Waals surface area contributed by atoms with Crippen LogP contribution in [0.25, 0.3) is 0 Å². The van der Waals surface area contributed by atoms with Crippen LogP contribution < -0.4 is 48.0 Å². The van der Waals surface area contributed by atoms with Gasteiger partial charge in [-0.3, -0.25) is 0 Å². The van der Waals surface area contributed by atoms with Gasteiger partial charge in [-0.05, 0) is 75.5 Å². The third kappa shape index (κ3) is 35.6. The van der Waals surface area contributed by atoms with Crippen molar-refractivity contribution < 1.29 is 65.0 Å². The summed E-state index contributed by atoms with van der Waals surface area (Å²) < 4.78 is 0. The van der Waals surface area contributed by atoms with Crippen LogP contribution in [0.1, 0.15) is 119 Å². The zero-order chi connectivity index (χ0) is 19.9. The Morgan fingerprint density at radius 2 is 0.483 bits per heavy atom. The quantitative estimate of drug-likeness (QED) is 0.115. The van der Waals surface area contributed by atoms with Crippen LogP contribution in [-0.4, -0.2) is 37.0 Å². The second-order valence-corrected chi connectivity index (χ2v) is 13.2. The monoisotopic (exact) mass is 721 g/mol. The Hall–Kier alpha value is 2.84. The molecule has 0 amide bonds. The fourth-order valence-electron chi connectivity index (χ4n) is 2.96. The first-order valence-corrected chi connectivity index (χ1v) is 15.9. The van der Waals surface area contributed by atoms with Crippen molar-refractivity contribution in [1.29, 1.82) is 0 Å². The SMILES string of the molecule is CCCCP(CCCC)CCCC.CCCCP(CCCC)CCCC.[Cu+2].[I-].[I-]. The van der Waals surface area contributed by atoms with Crippen LogP contribution >= 0.6 is 15.8 Å². The van der Waals surface area contributed by atoms with E-state index in [4.69, 9.17) is 0 Å². The molecule has 1 radical (unpaired) electrons. The fraction of sp³-hybridized carbons (Fsp3) is 1.00. The Morgan fingerprint density at radius 3 is 0.586 bits per heavy atom. The molecule has 0 saturated carbocycles. The molecule has 0 rings (SSSR count). The molecule has 0 aromatic heterocycles. The van der Waals surface area contributed by atoms with E-state index >= 15 is 0 Å². The summed E-state index contributed by atoms with van der Waals surface area (Å²) in [5.74, 6) is 0. The molecule has 0 aromatic carbocycles. The summed E-state index contributed by atoms with van der Waals surface area (Å²) in [4.78, 5) is 0. The van der Waals surface area contributed by atoms with Gasteiger partial charge in [0.1, 0.15) is 0 Å². The molecule has 5 heteroatoms. The van der Waals surface area contributed by atoms with Crippen LogP contribution in [-0.2, 0) is 17.1 Å². The summed E-state index contributed by atoms with van der Waals surface area (Å²) in [7, 11) is 0.843. The van der Waals surface area contributed by atoms with E-state index in [0.717, 1.165) is 0 Å². The van der Waals surface area contributed by atoms with Crippen LogP contribution in [0.3, 0.4) is 0 Å². The van der Waals surface area contributed by atoms with E-state index in [1.165, 1.54) is 77.0 Å². The van der Waals surface area contributed by atoms with Crippen LogP contribution in [0, 0.1) is 0 Å². The Kier molecular flexibility index (Phi) is 55.3. The van der Waals surface area contributed by atoms with Gasteiger partial charge in [0.05, 0.1) is 0 Å². The van der Waals surface area contributed by atoms with E-state index in [2.05, 4.69) is 41.5 Å². The number of hydrogen-bond acceptors (Lipinski definition) is 0. The standard InChI is InChI=1S/2C12H27P.Cu.2HI/c2*1-4-7-10-13(11-8-5-2)12-9-6-3;;;/h2*4-12H2,1-3H3;;2*1H/q;;+2;;/p-2. The minimum Gasteiger partial charge on any atom is -1.00 e. The van der Waals surface area contributed by atoms with Gasteiger partial charge in [-0.2, -0.15) is 0 Å². The van der Waals surface area contributed by atoms with Crippen molar-refractivity contribution in [3.63, 3.8) is 0 Å². The first-order chi connectivity index (χ1) is 12.7. The van der Waals surface area contributed by atoms with Gasteiger partial charge in [0.25, 0.3) is 0 Å². The molecule has 0 fully saturated rings. The van der Waals surface area contributed by atoms with E-state index < -0.39 is 0 Å². The molecule has 0 bridgehead atoms. The molecule has 0 heterocycles. The summed E-state index contributed by atoms with van der Waals surface area (Å²) in [6, 6.07) is 0. The van der Waals surface area contributed by atoms with Crippen molar-refractivity contribution in [2.24, 2.45) is 0 Å². The van der Waals surface area contributed by atoms with E-state index in [9.17, 15) is 0 Å². The third-order valence-corrected chi connectivity index (χ3v) is 10.7. The molecule has 0 spiro atoms. The summed E-state index contributed by atoms with van der Waals surface area (Å²) >= 11 is 0. The van der Waals surface area contributed by atoms with Gasteiger partial charge < -0.3 is 48.0 Å². The minimum atomic E-state index is 0. The molecule has 0 aliphatic rings. The molecule has 0 N–H and O–H groups in total. The Labute approximate surface area is 234 Å². The smallest absolute Gasteiger partial charge is 1.00 e. The van der Waals surface area contributed by atoms with E-state index in [1.54, 1.807) is 37.0 Å². The van der Waals surface area contributed by atoms with E-state index in [1.807, 2.05) is 0 Å². The Morgan fingerprint density at radius 1 is 0.345 bits per heavy atom. The molecule has 0 atom stereocenters. The summed E-state index contributed by atoms with van der Waals surface area (Å²) in [5.41, 5.74) is 0. The van der Waals surface area contributed by atoms with E-state index in [0.29, 0.717) is 15.8 Å². The maximum Gasteiger partial charge on any atom is 2.00 e. The van der Waals surface area contributed by atoms with Crippen LogP contribution in [0.2, 0.25) is 0 Å². The molecular formula is C24H54CuI2P2. The first kappa shape index (κ1) is 42.0. The minimum absolute atomic E-state index is 0. The predicted octanol–water partition coefficient (Wildman–Crippen LogP) is 3.74. The van der Waals surface area contributed by atoms with Crippen molar-refractivity contribution >= 4 is 15.8 Å². The van der Waals surface area contributed by atoms with Crippen molar-refractivity contribution in [2.45, 2.75) is 119 Å². The Balaban J connectivity index is -0.000000120. The van der Waals surface area contributed by atoms with Crippen LogP contribution in [0.5, 0.6) is 0 Å². The molecule has 0 aromatic rings. The molecule has 185 valence electrons. The van der Waals surface area contributed by atoms with Crippen LogP contribution in [0.15, 0.2) is 0 Å². The molecular weight excluding hydrogens is 668 g/mol. The van der Waals surface area contributed by atoms with Gasteiger partial charge in [-0.1, -0.05) is 80.1 Å². The van der Waals surface area contributed by atoms with E-state index in [-0.39, 0.29) is 65.0 Å². The third-order valence-electron chi connectivity index (χ3n) is 4.97. The largest absolute Gasteiger partial charge is 2.00 e. The Bertz CT molecular complexity index is 185. The zero-order valence-corrected chi connectivity index (χ0v) is 27.7. The average Bonchev–Trinajstić information content (AvgIpc) is 2.67. The van der Waals surface area contributed by atoms with Gasteiger partial charge in [-0.25, -0.2) is 0 Å².